The van der Waals surface area contributed by atoms with Crippen LogP contribution in [-0.4, -0.2) is 31.2 Å². The maximum absolute atomic E-state index is 13.6. The van der Waals surface area contributed by atoms with Gasteiger partial charge in [-0.15, -0.1) is 0 Å². The SMILES string of the molecule is Fc1ccc(CN2CCOCC2)cc1C1CC1. The van der Waals surface area contributed by atoms with Crippen molar-refractivity contribution >= 4 is 0 Å². The highest BCUT2D eigenvalue weighted by Gasteiger charge is 2.26. The summed E-state index contributed by atoms with van der Waals surface area (Å²) in [6, 6.07) is 5.60. The summed E-state index contributed by atoms with van der Waals surface area (Å²) in [4.78, 5) is 2.37. The molecule has 3 heteroatoms. The van der Waals surface area contributed by atoms with E-state index in [1.54, 1.807) is 6.07 Å². The van der Waals surface area contributed by atoms with Gasteiger partial charge in [-0.2, -0.15) is 0 Å². The summed E-state index contributed by atoms with van der Waals surface area (Å²) < 4.78 is 18.9. The molecule has 0 bridgehead atoms. The Kier molecular flexibility index (Phi) is 3.12. The molecule has 0 atom stereocenters. The van der Waals surface area contributed by atoms with Gasteiger partial charge in [-0.1, -0.05) is 12.1 Å². The van der Waals surface area contributed by atoms with Gasteiger partial charge < -0.3 is 4.74 Å². The van der Waals surface area contributed by atoms with E-state index in [4.69, 9.17) is 4.74 Å². The smallest absolute Gasteiger partial charge is 0.126 e. The van der Waals surface area contributed by atoms with E-state index in [-0.39, 0.29) is 5.82 Å². The number of rotatable bonds is 3. The molecular formula is C14H18FNO. The van der Waals surface area contributed by atoms with Crippen LogP contribution in [0.1, 0.15) is 29.9 Å². The third kappa shape index (κ3) is 2.67. The minimum absolute atomic E-state index is 0.0294. The minimum atomic E-state index is -0.0294. The summed E-state index contributed by atoms with van der Waals surface area (Å²) in [5.74, 6) is 0.456. The van der Waals surface area contributed by atoms with Crippen molar-refractivity contribution in [1.29, 1.82) is 0 Å². The Balaban J connectivity index is 1.71. The van der Waals surface area contributed by atoms with E-state index in [0.717, 1.165) is 51.3 Å². The Labute approximate surface area is 101 Å². The quantitative estimate of drug-likeness (QED) is 0.798. The summed E-state index contributed by atoms with van der Waals surface area (Å²) in [6.45, 7) is 4.52. The van der Waals surface area contributed by atoms with Crippen LogP contribution in [0.4, 0.5) is 4.39 Å². The summed E-state index contributed by atoms with van der Waals surface area (Å²) in [5.41, 5.74) is 2.16. The number of hydrogen-bond acceptors (Lipinski definition) is 2. The number of hydrogen-bond donors (Lipinski definition) is 0. The van der Waals surface area contributed by atoms with Gasteiger partial charge in [0.15, 0.2) is 0 Å². The zero-order chi connectivity index (χ0) is 11.7. The lowest BCUT2D eigenvalue weighted by Gasteiger charge is -2.26. The average Bonchev–Trinajstić information content (AvgIpc) is 3.17. The van der Waals surface area contributed by atoms with Crippen LogP contribution in [0.15, 0.2) is 18.2 Å². The van der Waals surface area contributed by atoms with Gasteiger partial charge in [-0.25, -0.2) is 4.39 Å². The molecule has 1 aromatic carbocycles. The molecule has 0 N–H and O–H groups in total. The second-order valence-corrected chi connectivity index (χ2v) is 5.02. The van der Waals surface area contributed by atoms with Crippen LogP contribution in [0, 0.1) is 5.82 Å². The molecule has 0 spiro atoms. The second kappa shape index (κ2) is 4.75. The van der Waals surface area contributed by atoms with Gasteiger partial charge in [-0.05, 0) is 36.0 Å². The number of benzene rings is 1. The van der Waals surface area contributed by atoms with Gasteiger partial charge in [0.05, 0.1) is 13.2 Å². The fraction of sp³-hybridized carbons (Fsp3) is 0.571. The van der Waals surface area contributed by atoms with Crippen molar-refractivity contribution in [3.8, 4) is 0 Å². The van der Waals surface area contributed by atoms with Crippen molar-refractivity contribution < 1.29 is 9.13 Å². The van der Waals surface area contributed by atoms with Crippen LogP contribution in [0.25, 0.3) is 0 Å². The molecule has 17 heavy (non-hydrogen) atoms. The molecule has 0 unspecified atom stereocenters. The van der Waals surface area contributed by atoms with Crippen LogP contribution in [0.2, 0.25) is 0 Å². The Morgan fingerprint density at radius 1 is 1.24 bits per heavy atom. The largest absolute Gasteiger partial charge is 0.379 e. The van der Waals surface area contributed by atoms with E-state index in [9.17, 15) is 4.39 Å². The van der Waals surface area contributed by atoms with E-state index in [1.807, 2.05) is 6.07 Å². The normalized spacial score (nSPS) is 21.7. The van der Waals surface area contributed by atoms with Crippen LogP contribution in [0.5, 0.6) is 0 Å². The van der Waals surface area contributed by atoms with Gasteiger partial charge in [0.2, 0.25) is 0 Å². The van der Waals surface area contributed by atoms with Gasteiger partial charge in [0.25, 0.3) is 0 Å². The summed E-state index contributed by atoms with van der Waals surface area (Å²) in [5, 5.41) is 0. The van der Waals surface area contributed by atoms with Crippen LogP contribution < -0.4 is 0 Å². The van der Waals surface area contributed by atoms with Gasteiger partial charge >= 0.3 is 0 Å². The first-order chi connectivity index (χ1) is 8.33. The monoisotopic (exact) mass is 235 g/mol. The predicted octanol–water partition coefficient (Wildman–Crippen LogP) is 2.54. The van der Waals surface area contributed by atoms with E-state index in [1.165, 1.54) is 5.56 Å². The average molecular weight is 235 g/mol. The molecule has 1 heterocycles. The van der Waals surface area contributed by atoms with E-state index >= 15 is 0 Å². The topological polar surface area (TPSA) is 12.5 Å². The lowest BCUT2D eigenvalue weighted by Crippen LogP contribution is -2.35. The molecule has 2 fully saturated rings. The maximum Gasteiger partial charge on any atom is 0.126 e. The predicted molar refractivity (Wildman–Crippen MR) is 64.5 cm³/mol. The summed E-state index contributed by atoms with van der Waals surface area (Å²) in [6.07, 6.45) is 2.30. The molecule has 1 aromatic rings. The number of halogens is 1. The maximum atomic E-state index is 13.6. The third-order valence-electron chi connectivity index (χ3n) is 3.59. The van der Waals surface area contributed by atoms with Crippen molar-refractivity contribution in [3.05, 3.63) is 35.1 Å². The van der Waals surface area contributed by atoms with Crippen LogP contribution in [-0.2, 0) is 11.3 Å². The molecule has 2 aliphatic rings. The second-order valence-electron chi connectivity index (χ2n) is 5.02. The molecule has 1 aliphatic carbocycles. The standard InChI is InChI=1S/C14H18FNO/c15-14-4-1-11(9-13(14)12-2-3-12)10-16-5-7-17-8-6-16/h1,4,9,12H,2-3,5-8,10H2. The zero-order valence-electron chi connectivity index (χ0n) is 9.99. The van der Waals surface area contributed by atoms with Gasteiger partial charge in [0.1, 0.15) is 5.82 Å². The molecule has 0 aromatic heterocycles. The van der Waals surface area contributed by atoms with E-state index in [0.29, 0.717) is 5.92 Å². The van der Waals surface area contributed by atoms with E-state index < -0.39 is 0 Å². The highest BCUT2D eigenvalue weighted by Crippen LogP contribution is 2.41. The minimum Gasteiger partial charge on any atom is -0.379 e. The molecule has 1 saturated heterocycles. The lowest BCUT2D eigenvalue weighted by molar-refractivity contribution is 0.0342. The molecule has 3 rings (SSSR count). The number of morpholine rings is 1. The van der Waals surface area contributed by atoms with Crippen LogP contribution in [0.3, 0.4) is 0 Å². The molecular weight excluding hydrogens is 217 g/mol. The fourth-order valence-electron chi connectivity index (χ4n) is 2.42. The molecule has 1 aliphatic heterocycles. The Morgan fingerprint density at radius 3 is 2.71 bits per heavy atom. The Hall–Kier alpha value is -0.930. The molecule has 0 amide bonds. The van der Waals surface area contributed by atoms with Gasteiger partial charge in [-0.3, -0.25) is 4.90 Å². The van der Waals surface area contributed by atoms with Crippen molar-refractivity contribution in [2.24, 2.45) is 0 Å². The molecule has 92 valence electrons. The lowest BCUT2D eigenvalue weighted by atomic mass is 10.1. The first-order valence-corrected chi connectivity index (χ1v) is 6.41. The number of nitrogens with zero attached hydrogens (tertiary/aromatic N) is 1. The molecule has 1 saturated carbocycles. The summed E-state index contributed by atoms with van der Waals surface area (Å²) in [7, 11) is 0. The van der Waals surface area contributed by atoms with E-state index in [2.05, 4.69) is 11.0 Å². The fourth-order valence-corrected chi connectivity index (χ4v) is 2.42. The Bertz CT molecular complexity index is 397. The van der Waals surface area contributed by atoms with Gasteiger partial charge in [0, 0.05) is 19.6 Å². The molecule has 0 radical (unpaired) electrons. The van der Waals surface area contributed by atoms with Crippen molar-refractivity contribution in [2.75, 3.05) is 26.3 Å². The van der Waals surface area contributed by atoms with Crippen molar-refractivity contribution in [2.45, 2.75) is 25.3 Å². The first kappa shape index (κ1) is 11.2. The van der Waals surface area contributed by atoms with Crippen LogP contribution >= 0.6 is 0 Å². The molecule has 2 nitrogen and oxygen atoms in total. The number of ether oxygens (including phenoxy) is 1. The zero-order valence-corrected chi connectivity index (χ0v) is 9.99. The van der Waals surface area contributed by atoms with Crippen molar-refractivity contribution in [3.63, 3.8) is 0 Å². The summed E-state index contributed by atoms with van der Waals surface area (Å²) >= 11 is 0. The Morgan fingerprint density at radius 2 is 2.00 bits per heavy atom. The first-order valence-electron chi connectivity index (χ1n) is 6.41. The highest BCUT2D eigenvalue weighted by molar-refractivity contribution is 5.30. The third-order valence-corrected chi connectivity index (χ3v) is 3.59. The van der Waals surface area contributed by atoms with Crippen molar-refractivity contribution in [1.82, 2.24) is 4.90 Å². The highest BCUT2D eigenvalue weighted by atomic mass is 19.1.